The van der Waals surface area contributed by atoms with E-state index >= 15 is 0 Å². The average Bonchev–Trinajstić information content (AvgIpc) is 2.40. The zero-order valence-corrected chi connectivity index (χ0v) is 10.6. The number of fused-ring (bicyclic) bond motifs is 1. The molecule has 0 saturated heterocycles. The first kappa shape index (κ1) is 11.0. The number of nitrogens with one attached hydrogen (secondary N) is 1. The summed E-state index contributed by atoms with van der Waals surface area (Å²) in [6.07, 6.45) is 0. The zero-order valence-electron chi connectivity index (χ0n) is 10.6. The second kappa shape index (κ2) is 3.51. The number of rotatable bonds is 1. The second-order valence-electron chi connectivity index (χ2n) is 5.36. The van der Waals surface area contributed by atoms with Crippen molar-refractivity contribution in [3.05, 3.63) is 23.8 Å². The Morgan fingerprint density at radius 1 is 1.25 bits per heavy atom. The smallest absolute Gasteiger partial charge is 0.204 e. The lowest BCUT2D eigenvalue weighted by Gasteiger charge is -2.21. The van der Waals surface area contributed by atoms with Gasteiger partial charge in [0.2, 0.25) is 5.95 Å². The van der Waals surface area contributed by atoms with Crippen LogP contribution < -0.4 is 5.32 Å². The molecule has 2 rings (SSSR count). The van der Waals surface area contributed by atoms with Crippen molar-refractivity contribution in [2.45, 2.75) is 33.2 Å². The lowest BCUT2D eigenvalue weighted by molar-refractivity contribution is 0.621. The summed E-state index contributed by atoms with van der Waals surface area (Å²) >= 11 is 0. The van der Waals surface area contributed by atoms with E-state index in [0.29, 0.717) is 0 Å². The van der Waals surface area contributed by atoms with Crippen LogP contribution in [0.15, 0.2) is 18.2 Å². The Morgan fingerprint density at radius 3 is 2.56 bits per heavy atom. The predicted molar refractivity (Wildman–Crippen MR) is 68.8 cm³/mol. The van der Waals surface area contributed by atoms with Crippen LogP contribution in [0.3, 0.4) is 0 Å². The predicted octanol–water partition coefficient (Wildman–Crippen LogP) is 3.09. The zero-order chi connectivity index (χ0) is 11.9. The van der Waals surface area contributed by atoms with Crippen molar-refractivity contribution in [3.8, 4) is 0 Å². The Hall–Kier alpha value is -1.51. The molecular formula is C13H19N3. The van der Waals surface area contributed by atoms with E-state index in [0.717, 1.165) is 17.0 Å². The molecule has 0 aliphatic rings. The fraction of sp³-hybridized carbons (Fsp3) is 0.462. The molecule has 1 aromatic carbocycles. The molecule has 0 saturated carbocycles. The van der Waals surface area contributed by atoms with E-state index < -0.39 is 0 Å². The summed E-state index contributed by atoms with van der Waals surface area (Å²) in [5.74, 6) is 0.924. The molecule has 1 heterocycles. The van der Waals surface area contributed by atoms with Gasteiger partial charge in [0.1, 0.15) is 0 Å². The van der Waals surface area contributed by atoms with Crippen molar-refractivity contribution >= 4 is 17.0 Å². The van der Waals surface area contributed by atoms with Gasteiger partial charge in [0.25, 0.3) is 0 Å². The Bertz CT molecular complexity index is 518. The third kappa shape index (κ3) is 2.03. The monoisotopic (exact) mass is 217 g/mol. The standard InChI is InChI=1S/C13H19N3/c1-9-6-7-11-10(8-9)14-12(16(11)5)15-13(2,3)4/h6-8H,1-5H3,(H,14,15). The van der Waals surface area contributed by atoms with E-state index in [1.165, 1.54) is 5.56 Å². The summed E-state index contributed by atoms with van der Waals surface area (Å²) < 4.78 is 2.10. The lowest BCUT2D eigenvalue weighted by Crippen LogP contribution is -2.27. The Morgan fingerprint density at radius 2 is 1.94 bits per heavy atom. The van der Waals surface area contributed by atoms with Crippen LogP contribution in [0, 0.1) is 6.92 Å². The minimum Gasteiger partial charge on any atom is -0.351 e. The summed E-state index contributed by atoms with van der Waals surface area (Å²) in [4.78, 5) is 4.61. The first-order valence-electron chi connectivity index (χ1n) is 5.58. The molecule has 0 fully saturated rings. The summed E-state index contributed by atoms with van der Waals surface area (Å²) in [5, 5.41) is 3.41. The van der Waals surface area contributed by atoms with Gasteiger partial charge in [-0.05, 0) is 45.4 Å². The van der Waals surface area contributed by atoms with Crippen LogP contribution in [0.25, 0.3) is 11.0 Å². The quantitative estimate of drug-likeness (QED) is 0.795. The molecule has 0 spiro atoms. The van der Waals surface area contributed by atoms with E-state index in [4.69, 9.17) is 0 Å². The number of imidazole rings is 1. The van der Waals surface area contributed by atoms with Crippen LogP contribution in [0.5, 0.6) is 0 Å². The van der Waals surface area contributed by atoms with Gasteiger partial charge in [0.05, 0.1) is 11.0 Å². The lowest BCUT2D eigenvalue weighted by atomic mass is 10.1. The largest absolute Gasteiger partial charge is 0.351 e. The number of hydrogen-bond donors (Lipinski definition) is 1. The molecule has 1 aromatic heterocycles. The number of benzene rings is 1. The van der Waals surface area contributed by atoms with Gasteiger partial charge in [-0.15, -0.1) is 0 Å². The molecular weight excluding hydrogens is 198 g/mol. The molecule has 0 atom stereocenters. The van der Waals surface area contributed by atoms with Gasteiger partial charge in [-0.2, -0.15) is 0 Å². The number of aromatic nitrogens is 2. The van der Waals surface area contributed by atoms with Gasteiger partial charge in [0, 0.05) is 12.6 Å². The van der Waals surface area contributed by atoms with Crippen LogP contribution in [-0.2, 0) is 7.05 Å². The third-order valence-corrected chi connectivity index (χ3v) is 2.52. The first-order valence-corrected chi connectivity index (χ1v) is 5.58. The number of anilines is 1. The highest BCUT2D eigenvalue weighted by molar-refractivity contribution is 5.79. The fourth-order valence-corrected chi connectivity index (χ4v) is 1.76. The molecule has 0 aliphatic heterocycles. The molecule has 86 valence electrons. The Balaban J connectivity index is 2.52. The van der Waals surface area contributed by atoms with Crippen molar-refractivity contribution < 1.29 is 0 Å². The summed E-state index contributed by atoms with van der Waals surface area (Å²) in [7, 11) is 2.04. The number of hydrogen-bond acceptors (Lipinski definition) is 2. The molecule has 16 heavy (non-hydrogen) atoms. The second-order valence-corrected chi connectivity index (χ2v) is 5.36. The van der Waals surface area contributed by atoms with Gasteiger partial charge >= 0.3 is 0 Å². The van der Waals surface area contributed by atoms with Crippen LogP contribution in [0.4, 0.5) is 5.95 Å². The number of nitrogens with zero attached hydrogens (tertiary/aromatic N) is 2. The molecule has 0 bridgehead atoms. The van der Waals surface area contributed by atoms with E-state index in [-0.39, 0.29) is 5.54 Å². The van der Waals surface area contributed by atoms with E-state index in [1.54, 1.807) is 0 Å². The van der Waals surface area contributed by atoms with Gasteiger partial charge < -0.3 is 9.88 Å². The van der Waals surface area contributed by atoms with Crippen molar-refractivity contribution in [2.75, 3.05) is 5.32 Å². The summed E-state index contributed by atoms with van der Waals surface area (Å²) in [5.41, 5.74) is 3.49. The molecule has 0 aliphatic carbocycles. The van der Waals surface area contributed by atoms with Crippen molar-refractivity contribution in [3.63, 3.8) is 0 Å². The maximum atomic E-state index is 4.61. The average molecular weight is 217 g/mol. The van der Waals surface area contributed by atoms with E-state index in [9.17, 15) is 0 Å². The normalized spacial score (nSPS) is 12.1. The van der Waals surface area contributed by atoms with Crippen LogP contribution in [0.2, 0.25) is 0 Å². The molecule has 0 unspecified atom stereocenters. The maximum absolute atomic E-state index is 4.61. The van der Waals surface area contributed by atoms with E-state index in [1.807, 2.05) is 7.05 Å². The molecule has 0 amide bonds. The van der Waals surface area contributed by atoms with Gasteiger partial charge in [0.15, 0.2) is 0 Å². The fourth-order valence-electron chi connectivity index (χ4n) is 1.76. The third-order valence-electron chi connectivity index (χ3n) is 2.52. The topological polar surface area (TPSA) is 29.9 Å². The Labute approximate surface area is 96.5 Å². The maximum Gasteiger partial charge on any atom is 0.204 e. The molecule has 3 nitrogen and oxygen atoms in total. The van der Waals surface area contributed by atoms with Gasteiger partial charge in [-0.1, -0.05) is 6.07 Å². The highest BCUT2D eigenvalue weighted by Crippen LogP contribution is 2.21. The highest BCUT2D eigenvalue weighted by atomic mass is 15.2. The molecule has 0 radical (unpaired) electrons. The minimum atomic E-state index is 0.0319. The molecule has 2 aromatic rings. The highest BCUT2D eigenvalue weighted by Gasteiger charge is 2.14. The van der Waals surface area contributed by atoms with Crippen molar-refractivity contribution in [1.29, 1.82) is 0 Å². The molecule has 3 heteroatoms. The van der Waals surface area contributed by atoms with Gasteiger partial charge in [-0.25, -0.2) is 4.98 Å². The molecule has 1 N–H and O–H groups in total. The SMILES string of the molecule is Cc1ccc2c(c1)nc(NC(C)(C)C)n2C. The van der Waals surface area contributed by atoms with Crippen LogP contribution in [-0.4, -0.2) is 15.1 Å². The Kier molecular flexibility index (Phi) is 2.41. The van der Waals surface area contributed by atoms with Crippen molar-refractivity contribution in [1.82, 2.24) is 9.55 Å². The van der Waals surface area contributed by atoms with Crippen molar-refractivity contribution in [2.24, 2.45) is 7.05 Å². The first-order chi connectivity index (χ1) is 7.37. The number of aryl methyl sites for hydroxylation is 2. The minimum absolute atomic E-state index is 0.0319. The summed E-state index contributed by atoms with van der Waals surface area (Å²) in [6, 6.07) is 6.35. The van der Waals surface area contributed by atoms with E-state index in [2.05, 4.69) is 60.8 Å². The van der Waals surface area contributed by atoms with Gasteiger partial charge in [-0.3, -0.25) is 0 Å². The van der Waals surface area contributed by atoms with Crippen LogP contribution >= 0.6 is 0 Å². The van der Waals surface area contributed by atoms with Crippen LogP contribution in [0.1, 0.15) is 26.3 Å². The summed E-state index contributed by atoms with van der Waals surface area (Å²) in [6.45, 7) is 8.50.